The van der Waals surface area contributed by atoms with Crippen LogP contribution in [0.25, 0.3) is 10.9 Å². The number of aromatic amines is 1. The lowest BCUT2D eigenvalue weighted by atomic mass is 9.89. The molecule has 1 aromatic heterocycles. The van der Waals surface area contributed by atoms with Crippen molar-refractivity contribution in [1.82, 2.24) is 20.5 Å². The van der Waals surface area contributed by atoms with Crippen LogP contribution >= 0.6 is 0 Å². The molecule has 0 fully saturated rings. The molecule has 0 aliphatic carbocycles. The second-order valence-electron chi connectivity index (χ2n) is 11.2. The largest absolute Gasteiger partial charge is 0.480 e. The van der Waals surface area contributed by atoms with Crippen molar-refractivity contribution in [2.45, 2.75) is 64.7 Å². The van der Waals surface area contributed by atoms with Gasteiger partial charge in [-0.15, -0.1) is 0 Å². The number of carboxylic acid groups (broad SMARTS) is 1. The quantitative estimate of drug-likeness (QED) is 0.355. The van der Waals surface area contributed by atoms with E-state index in [0.717, 1.165) is 27.7 Å². The Morgan fingerprint density at radius 1 is 1.03 bits per heavy atom. The highest BCUT2D eigenvalue weighted by atomic mass is 16.4. The number of para-hydroxylation sites is 1. The van der Waals surface area contributed by atoms with Crippen molar-refractivity contribution < 1.29 is 24.3 Å². The Morgan fingerprint density at radius 2 is 1.72 bits per heavy atom. The van der Waals surface area contributed by atoms with E-state index in [4.69, 9.17) is 0 Å². The van der Waals surface area contributed by atoms with Crippen molar-refractivity contribution >= 4 is 34.6 Å². The third kappa shape index (κ3) is 4.66. The molecule has 9 heteroatoms. The highest BCUT2D eigenvalue weighted by Crippen LogP contribution is 2.46. The molecule has 9 nitrogen and oxygen atoms in total. The Bertz CT molecular complexity index is 1460. The minimum absolute atomic E-state index is 0.0610. The molecule has 4 N–H and O–H groups in total. The number of nitrogens with zero attached hydrogens (tertiary/aromatic N) is 1. The zero-order valence-electron chi connectivity index (χ0n) is 22.5. The predicted octanol–water partition coefficient (Wildman–Crippen LogP) is 3.39. The maximum absolute atomic E-state index is 13.9. The van der Waals surface area contributed by atoms with Crippen molar-refractivity contribution in [1.29, 1.82) is 0 Å². The maximum atomic E-state index is 13.9. The summed E-state index contributed by atoms with van der Waals surface area (Å²) in [4.78, 5) is 57.6. The van der Waals surface area contributed by atoms with Gasteiger partial charge in [0.2, 0.25) is 11.8 Å². The average molecular weight is 531 g/mol. The van der Waals surface area contributed by atoms with Crippen molar-refractivity contribution in [3.8, 4) is 0 Å². The van der Waals surface area contributed by atoms with Gasteiger partial charge >= 0.3 is 5.97 Å². The van der Waals surface area contributed by atoms with Gasteiger partial charge in [-0.05, 0) is 41.5 Å². The fourth-order valence-corrected chi connectivity index (χ4v) is 5.88. The van der Waals surface area contributed by atoms with Crippen molar-refractivity contribution in [3.63, 3.8) is 0 Å². The van der Waals surface area contributed by atoms with E-state index >= 15 is 0 Å². The molecule has 0 spiro atoms. The van der Waals surface area contributed by atoms with Gasteiger partial charge in [0.15, 0.2) is 0 Å². The normalized spacial score (nSPS) is 19.4. The van der Waals surface area contributed by atoms with Crippen molar-refractivity contribution in [3.05, 3.63) is 70.9 Å². The molecule has 0 unspecified atom stereocenters. The van der Waals surface area contributed by atoms with Crippen LogP contribution in [0.4, 0.5) is 0 Å². The first-order chi connectivity index (χ1) is 18.6. The lowest BCUT2D eigenvalue weighted by Crippen LogP contribution is -2.59. The summed E-state index contributed by atoms with van der Waals surface area (Å²) in [6.07, 6.45) is 0.562. The topological polar surface area (TPSA) is 132 Å². The molecule has 2 aromatic carbocycles. The maximum Gasteiger partial charge on any atom is 0.326 e. The summed E-state index contributed by atoms with van der Waals surface area (Å²) < 4.78 is 0. The second kappa shape index (κ2) is 10.2. The molecule has 0 saturated heterocycles. The van der Waals surface area contributed by atoms with Gasteiger partial charge in [-0.3, -0.25) is 14.4 Å². The first kappa shape index (κ1) is 26.5. The van der Waals surface area contributed by atoms with Crippen LogP contribution in [0, 0.1) is 11.8 Å². The monoisotopic (exact) mass is 530 g/mol. The number of carbonyl (C=O) groups is 4. The van der Waals surface area contributed by atoms with Crippen LogP contribution in [0.1, 0.15) is 67.3 Å². The van der Waals surface area contributed by atoms with E-state index in [-0.39, 0.29) is 24.2 Å². The molecule has 5 rings (SSSR count). The number of H-pyrrole nitrogens is 1. The lowest BCUT2D eigenvalue weighted by molar-refractivity contribution is -0.143. The van der Waals surface area contributed by atoms with Gasteiger partial charge < -0.3 is 25.6 Å². The van der Waals surface area contributed by atoms with E-state index in [1.165, 1.54) is 0 Å². The van der Waals surface area contributed by atoms with Gasteiger partial charge in [0, 0.05) is 28.6 Å². The van der Waals surface area contributed by atoms with Gasteiger partial charge in [-0.1, -0.05) is 64.1 Å². The molecular weight excluding hydrogens is 496 g/mol. The molecule has 3 heterocycles. The Hall–Kier alpha value is -4.14. The molecule has 0 saturated carbocycles. The van der Waals surface area contributed by atoms with Crippen molar-refractivity contribution in [2.75, 3.05) is 0 Å². The van der Waals surface area contributed by atoms with Crippen LogP contribution in [0.3, 0.4) is 0 Å². The van der Waals surface area contributed by atoms with Gasteiger partial charge in [0.05, 0.1) is 6.04 Å². The first-order valence-corrected chi connectivity index (χ1v) is 13.4. The Morgan fingerprint density at radius 3 is 2.41 bits per heavy atom. The van der Waals surface area contributed by atoms with Crippen LogP contribution in [-0.2, 0) is 20.8 Å². The van der Waals surface area contributed by atoms with Crippen LogP contribution in [0.15, 0.2) is 48.5 Å². The zero-order chi connectivity index (χ0) is 28.0. The minimum atomic E-state index is -1.12. The first-order valence-electron chi connectivity index (χ1n) is 13.4. The molecule has 3 aromatic rings. The number of carboxylic acids is 1. The van der Waals surface area contributed by atoms with E-state index in [9.17, 15) is 24.3 Å². The molecule has 39 heavy (non-hydrogen) atoms. The predicted molar refractivity (Wildman–Crippen MR) is 146 cm³/mol. The summed E-state index contributed by atoms with van der Waals surface area (Å²) >= 11 is 0. The summed E-state index contributed by atoms with van der Waals surface area (Å²) in [5, 5.41) is 16.1. The third-order valence-electron chi connectivity index (χ3n) is 7.72. The van der Waals surface area contributed by atoms with E-state index in [0.29, 0.717) is 12.0 Å². The molecule has 0 radical (unpaired) electrons. The van der Waals surface area contributed by atoms with E-state index < -0.39 is 42.0 Å². The van der Waals surface area contributed by atoms with Crippen LogP contribution in [-0.4, -0.2) is 56.8 Å². The second-order valence-corrected chi connectivity index (χ2v) is 11.2. The third-order valence-corrected chi connectivity index (χ3v) is 7.72. The molecule has 3 amide bonds. The SMILES string of the molecule is CC(C)C[C@H](NC(=O)[C@@H](NC(=O)[C@@H]1Cc2c([nH]c3ccccc23)[C@@H]2c3ccccc3C(=O)N21)C(C)C)C(=O)O. The molecular formula is C30H34N4O5. The fraction of sp³-hybridized carbons (Fsp3) is 0.400. The minimum Gasteiger partial charge on any atom is -0.480 e. The van der Waals surface area contributed by atoms with E-state index in [1.807, 2.05) is 56.3 Å². The number of amides is 3. The summed E-state index contributed by atoms with van der Waals surface area (Å²) in [6, 6.07) is 11.9. The number of fused-ring (bicyclic) bond motifs is 7. The standard InChI is InChI=1S/C30H34N4O5/c1-15(2)13-22(30(38)39)32-28(36)24(16(3)4)33-27(35)23-14-20-17-9-7-8-12-21(17)31-25(20)26-18-10-5-6-11-19(18)29(37)34(23)26/h5-12,15-16,22-24,26,31H,13-14H2,1-4H3,(H,32,36)(H,33,35)(H,38,39)/t22-,23-,24-,26-/m0/s1. The number of hydrogen-bond donors (Lipinski definition) is 4. The van der Waals surface area contributed by atoms with Gasteiger partial charge in [0.1, 0.15) is 18.1 Å². The zero-order valence-corrected chi connectivity index (χ0v) is 22.5. The summed E-state index contributed by atoms with van der Waals surface area (Å²) in [5.41, 5.74) is 4.20. The average Bonchev–Trinajstić information content (AvgIpc) is 3.41. The fourth-order valence-electron chi connectivity index (χ4n) is 5.88. The number of aliphatic carboxylic acids is 1. The Kier molecular flexibility index (Phi) is 6.92. The Balaban J connectivity index is 1.48. The summed E-state index contributed by atoms with van der Waals surface area (Å²) in [6.45, 7) is 7.35. The number of hydrogen-bond acceptors (Lipinski definition) is 4. The smallest absolute Gasteiger partial charge is 0.326 e. The number of carbonyl (C=O) groups excluding carboxylic acids is 3. The summed E-state index contributed by atoms with van der Waals surface area (Å²) in [7, 11) is 0. The van der Waals surface area contributed by atoms with Crippen LogP contribution < -0.4 is 10.6 Å². The van der Waals surface area contributed by atoms with E-state index in [2.05, 4.69) is 15.6 Å². The highest BCUT2D eigenvalue weighted by molar-refractivity contribution is 6.04. The van der Waals surface area contributed by atoms with Crippen LogP contribution in [0.5, 0.6) is 0 Å². The number of nitrogens with one attached hydrogen (secondary N) is 3. The molecule has 2 aliphatic rings. The lowest BCUT2D eigenvalue weighted by Gasteiger charge is -2.38. The molecule has 0 bridgehead atoms. The van der Waals surface area contributed by atoms with Gasteiger partial charge in [-0.25, -0.2) is 4.79 Å². The van der Waals surface area contributed by atoms with Crippen molar-refractivity contribution in [2.24, 2.45) is 11.8 Å². The molecule has 4 atom stereocenters. The number of benzene rings is 2. The number of aromatic nitrogens is 1. The Labute approximate surface area is 227 Å². The highest BCUT2D eigenvalue weighted by Gasteiger charge is 2.49. The molecule has 204 valence electrons. The molecule has 2 aliphatic heterocycles. The van der Waals surface area contributed by atoms with Gasteiger partial charge in [-0.2, -0.15) is 0 Å². The van der Waals surface area contributed by atoms with E-state index in [1.54, 1.807) is 24.8 Å². The summed E-state index contributed by atoms with van der Waals surface area (Å²) in [5.74, 6) is -2.59. The number of rotatable bonds is 8. The van der Waals surface area contributed by atoms with Gasteiger partial charge in [0.25, 0.3) is 5.91 Å². The van der Waals surface area contributed by atoms with Crippen LogP contribution in [0.2, 0.25) is 0 Å².